The Morgan fingerprint density at radius 2 is 2.00 bits per heavy atom. The standard InChI is InChI=1S/C19H20N2O4/c22-11-14-7-9-17(25-14)18-20-15-10-12(19(23)24)6-8-16(15)21(18)13-4-2-1-3-5-13/h6-10,13,22H,1-5,11H2,(H,23,24). The molecule has 0 atom stereocenters. The van der Waals surface area contributed by atoms with E-state index in [4.69, 9.17) is 4.42 Å². The van der Waals surface area contributed by atoms with Gasteiger partial charge in [-0.2, -0.15) is 0 Å². The van der Waals surface area contributed by atoms with Gasteiger partial charge in [0.05, 0.1) is 16.6 Å². The Hall–Kier alpha value is -2.60. The molecule has 2 aromatic heterocycles. The Labute approximate surface area is 144 Å². The minimum absolute atomic E-state index is 0.160. The average molecular weight is 340 g/mol. The zero-order valence-electron chi connectivity index (χ0n) is 13.8. The molecular weight excluding hydrogens is 320 g/mol. The van der Waals surface area contributed by atoms with Gasteiger partial charge in [0.15, 0.2) is 11.6 Å². The maximum atomic E-state index is 11.3. The Bertz CT molecular complexity index is 919. The smallest absolute Gasteiger partial charge is 0.335 e. The molecule has 6 nitrogen and oxygen atoms in total. The van der Waals surface area contributed by atoms with E-state index in [-0.39, 0.29) is 12.2 Å². The van der Waals surface area contributed by atoms with Crippen molar-refractivity contribution in [3.8, 4) is 11.6 Å². The van der Waals surface area contributed by atoms with Crippen LogP contribution in [0.2, 0.25) is 0 Å². The molecule has 4 rings (SSSR count). The normalized spacial score (nSPS) is 15.7. The molecule has 0 bridgehead atoms. The number of carboxylic acid groups (broad SMARTS) is 1. The highest BCUT2D eigenvalue weighted by Crippen LogP contribution is 2.36. The highest BCUT2D eigenvalue weighted by Gasteiger charge is 2.24. The molecule has 0 radical (unpaired) electrons. The van der Waals surface area contributed by atoms with Crippen LogP contribution in [-0.2, 0) is 6.61 Å². The third-order valence-corrected chi connectivity index (χ3v) is 4.91. The highest BCUT2D eigenvalue weighted by molar-refractivity contribution is 5.93. The number of aliphatic hydroxyl groups is 1. The van der Waals surface area contributed by atoms with E-state index in [0.717, 1.165) is 18.4 Å². The Morgan fingerprint density at radius 3 is 2.68 bits per heavy atom. The number of aliphatic hydroxyl groups excluding tert-OH is 1. The van der Waals surface area contributed by atoms with Gasteiger partial charge in [-0.3, -0.25) is 0 Å². The van der Waals surface area contributed by atoms with Crippen LogP contribution in [0.5, 0.6) is 0 Å². The lowest BCUT2D eigenvalue weighted by molar-refractivity contribution is 0.0697. The first kappa shape index (κ1) is 15.9. The van der Waals surface area contributed by atoms with E-state index >= 15 is 0 Å². The molecule has 1 fully saturated rings. The molecule has 2 heterocycles. The van der Waals surface area contributed by atoms with Crippen molar-refractivity contribution >= 4 is 17.0 Å². The quantitative estimate of drug-likeness (QED) is 0.749. The van der Waals surface area contributed by atoms with Crippen LogP contribution in [0.1, 0.15) is 54.3 Å². The summed E-state index contributed by atoms with van der Waals surface area (Å²) in [7, 11) is 0. The second-order valence-electron chi connectivity index (χ2n) is 6.53. The summed E-state index contributed by atoms with van der Waals surface area (Å²) in [5.74, 6) is 0.826. The van der Waals surface area contributed by atoms with E-state index in [2.05, 4.69) is 9.55 Å². The average Bonchev–Trinajstić information content (AvgIpc) is 3.26. The van der Waals surface area contributed by atoms with Crippen molar-refractivity contribution in [1.82, 2.24) is 9.55 Å². The number of hydrogen-bond acceptors (Lipinski definition) is 4. The molecule has 130 valence electrons. The fourth-order valence-electron chi connectivity index (χ4n) is 3.70. The molecular formula is C19H20N2O4. The number of nitrogens with zero attached hydrogens (tertiary/aromatic N) is 2. The summed E-state index contributed by atoms with van der Waals surface area (Å²) in [5, 5.41) is 18.5. The number of furan rings is 1. The minimum Gasteiger partial charge on any atom is -0.478 e. The van der Waals surface area contributed by atoms with E-state index in [1.54, 1.807) is 18.2 Å². The lowest BCUT2D eigenvalue weighted by atomic mass is 9.95. The van der Waals surface area contributed by atoms with E-state index in [0.29, 0.717) is 28.9 Å². The largest absolute Gasteiger partial charge is 0.478 e. The third-order valence-electron chi connectivity index (χ3n) is 4.91. The molecule has 0 unspecified atom stereocenters. The van der Waals surface area contributed by atoms with Crippen LogP contribution in [0.4, 0.5) is 0 Å². The molecule has 3 aromatic rings. The molecule has 1 aliphatic carbocycles. The van der Waals surface area contributed by atoms with Crippen molar-refractivity contribution < 1.29 is 19.4 Å². The summed E-state index contributed by atoms with van der Waals surface area (Å²) >= 11 is 0. The lowest BCUT2D eigenvalue weighted by Crippen LogP contribution is -2.13. The van der Waals surface area contributed by atoms with E-state index < -0.39 is 5.97 Å². The Balaban J connectivity index is 1.90. The van der Waals surface area contributed by atoms with Crippen LogP contribution in [0.3, 0.4) is 0 Å². The molecule has 0 spiro atoms. The zero-order chi connectivity index (χ0) is 17.4. The molecule has 1 saturated carbocycles. The number of imidazole rings is 1. The molecule has 0 saturated heterocycles. The van der Waals surface area contributed by atoms with Crippen molar-refractivity contribution in [3.63, 3.8) is 0 Å². The number of hydrogen-bond donors (Lipinski definition) is 2. The monoisotopic (exact) mass is 340 g/mol. The topological polar surface area (TPSA) is 88.5 Å². The number of carbonyl (C=O) groups is 1. The number of rotatable bonds is 4. The van der Waals surface area contributed by atoms with E-state index in [1.165, 1.54) is 19.3 Å². The number of aromatic nitrogens is 2. The molecule has 2 N–H and O–H groups in total. The zero-order valence-corrected chi connectivity index (χ0v) is 13.8. The van der Waals surface area contributed by atoms with E-state index in [1.807, 2.05) is 12.1 Å². The number of benzene rings is 1. The van der Waals surface area contributed by atoms with Crippen LogP contribution >= 0.6 is 0 Å². The maximum Gasteiger partial charge on any atom is 0.335 e. The highest BCUT2D eigenvalue weighted by atomic mass is 16.4. The SMILES string of the molecule is O=C(O)c1ccc2c(c1)nc(-c1ccc(CO)o1)n2C1CCCCC1. The Morgan fingerprint density at radius 1 is 1.20 bits per heavy atom. The maximum absolute atomic E-state index is 11.3. The van der Waals surface area contributed by atoms with Gasteiger partial charge >= 0.3 is 5.97 Å². The van der Waals surface area contributed by atoms with Crippen LogP contribution in [0.15, 0.2) is 34.7 Å². The van der Waals surface area contributed by atoms with E-state index in [9.17, 15) is 15.0 Å². The second kappa shape index (κ2) is 6.37. The van der Waals surface area contributed by atoms with Crippen molar-refractivity contribution in [2.75, 3.05) is 0 Å². The minimum atomic E-state index is -0.962. The second-order valence-corrected chi connectivity index (χ2v) is 6.53. The number of aromatic carboxylic acids is 1. The fourth-order valence-corrected chi connectivity index (χ4v) is 3.70. The molecule has 0 aliphatic heterocycles. The summed E-state index contributed by atoms with van der Waals surface area (Å²) in [4.78, 5) is 15.9. The summed E-state index contributed by atoms with van der Waals surface area (Å²) in [6.45, 7) is -0.160. The molecule has 1 aliphatic rings. The van der Waals surface area contributed by atoms with Gasteiger partial charge in [-0.1, -0.05) is 19.3 Å². The van der Waals surface area contributed by atoms with Crippen molar-refractivity contribution in [3.05, 3.63) is 41.7 Å². The Kier molecular flexibility index (Phi) is 4.05. The molecule has 6 heteroatoms. The lowest BCUT2D eigenvalue weighted by Gasteiger charge is -2.25. The first-order valence-electron chi connectivity index (χ1n) is 8.62. The van der Waals surface area contributed by atoms with Gasteiger partial charge in [0.1, 0.15) is 12.4 Å². The fraction of sp³-hybridized carbons (Fsp3) is 0.368. The van der Waals surface area contributed by atoms with Gasteiger partial charge in [0.25, 0.3) is 0 Å². The van der Waals surface area contributed by atoms with Gasteiger partial charge in [-0.25, -0.2) is 9.78 Å². The first-order valence-corrected chi connectivity index (χ1v) is 8.62. The van der Waals surface area contributed by atoms with Crippen molar-refractivity contribution in [2.45, 2.75) is 44.8 Å². The van der Waals surface area contributed by atoms with Crippen molar-refractivity contribution in [1.29, 1.82) is 0 Å². The van der Waals surface area contributed by atoms with Gasteiger partial charge in [-0.05, 0) is 43.2 Å². The molecule has 0 amide bonds. The van der Waals surface area contributed by atoms with Crippen LogP contribution < -0.4 is 0 Å². The number of carboxylic acids is 1. The summed E-state index contributed by atoms with van der Waals surface area (Å²) < 4.78 is 7.89. The number of fused-ring (bicyclic) bond motifs is 1. The summed E-state index contributed by atoms with van der Waals surface area (Å²) in [5.41, 5.74) is 1.80. The predicted molar refractivity (Wildman–Crippen MR) is 92.4 cm³/mol. The van der Waals surface area contributed by atoms with Gasteiger partial charge < -0.3 is 19.2 Å². The predicted octanol–water partition coefficient (Wildman–Crippen LogP) is 3.99. The first-order chi connectivity index (χ1) is 12.2. The molecule has 1 aromatic carbocycles. The van der Waals surface area contributed by atoms with Gasteiger partial charge in [-0.15, -0.1) is 0 Å². The third kappa shape index (κ3) is 2.82. The summed E-state index contributed by atoms with van der Waals surface area (Å²) in [6.07, 6.45) is 5.75. The van der Waals surface area contributed by atoms with Crippen LogP contribution in [0.25, 0.3) is 22.6 Å². The van der Waals surface area contributed by atoms with Crippen LogP contribution in [0, 0.1) is 0 Å². The van der Waals surface area contributed by atoms with Gasteiger partial charge in [0.2, 0.25) is 0 Å². The molecule has 25 heavy (non-hydrogen) atoms. The van der Waals surface area contributed by atoms with Crippen LogP contribution in [-0.4, -0.2) is 25.7 Å². The van der Waals surface area contributed by atoms with Gasteiger partial charge in [0, 0.05) is 6.04 Å². The summed E-state index contributed by atoms with van der Waals surface area (Å²) in [6, 6.07) is 8.94. The van der Waals surface area contributed by atoms with Crippen molar-refractivity contribution in [2.24, 2.45) is 0 Å².